The van der Waals surface area contributed by atoms with E-state index < -0.39 is 0 Å². The van der Waals surface area contributed by atoms with Crippen molar-refractivity contribution >= 4 is 23.2 Å². The lowest BCUT2D eigenvalue weighted by molar-refractivity contribution is 0.551. The molecule has 0 saturated carbocycles. The zero-order valence-electron chi connectivity index (χ0n) is 11.2. The number of nitrogens with zero attached hydrogens (tertiary/aromatic N) is 2. The van der Waals surface area contributed by atoms with E-state index in [9.17, 15) is 0 Å². The van der Waals surface area contributed by atoms with Crippen molar-refractivity contribution < 1.29 is 0 Å². The average Bonchev–Trinajstić information content (AvgIpc) is 2.69. The molecule has 102 valence electrons. The molecule has 2 nitrogen and oxygen atoms in total. The third-order valence-electron chi connectivity index (χ3n) is 3.25. The van der Waals surface area contributed by atoms with E-state index in [1.54, 1.807) is 0 Å². The van der Waals surface area contributed by atoms with Gasteiger partial charge in [0.05, 0.1) is 5.69 Å². The van der Waals surface area contributed by atoms with E-state index in [0.29, 0.717) is 11.8 Å². The van der Waals surface area contributed by atoms with E-state index in [2.05, 4.69) is 23.3 Å². The SMILES string of the molecule is Cc1cc(CC(CCl)Cc2ccc(Cl)cc2)n(C)n1. The predicted octanol–water partition coefficient (Wildman–Crippen LogP) is 4.02. The Morgan fingerprint density at radius 2 is 1.89 bits per heavy atom. The molecule has 0 amide bonds. The average molecular weight is 297 g/mol. The van der Waals surface area contributed by atoms with E-state index in [1.165, 1.54) is 11.3 Å². The van der Waals surface area contributed by atoms with Crippen LogP contribution in [0.4, 0.5) is 0 Å². The van der Waals surface area contributed by atoms with E-state index in [4.69, 9.17) is 23.2 Å². The van der Waals surface area contributed by atoms with Crippen LogP contribution in [-0.4, -0.2) is 15.7 Å². The molecule has 0 aliphatic heterocycles. The van der Waals surface area contributed by atoms with Crippen molar-refractivity contribution in [2.75, 3.05) is 5.88 Å². The molecule has 0 saturated heterocycles. The van der Waals surface area contributed by atoms with E-state index in [-0.39, 0.29) is 0 Å². The Morgan fingerprint density at radius 3 is 2.42 bits per heavy atom. The molecule has 0 spiro atoms. The maximum atomic E-state index is 6.10. The van der Waals surface area contributed by atoms with Crippen molar-refractivity contribution in [2.24, 2.45) is 13.0 Å². The summed E-state index contributed by atoms with van der Waals surface area (Å²) in [6, 6.07) is 10.1. The minimum absolute atomic E-state index is 0.414. The highest BCUT2D eigenvalue weighted by Gasteiger charge is 2.12. The van der Waals surface area contributed by atoms with Crippen LogP contribution in [0, 0.1) is 12.8 Å². The van der Waals surface area contributed by atoms with Crippen molar-refractivity contribution in [3.05, 3.63) is 52.3 Å². The van der Waals surface area contributed by atoms with Crippen molar-refractivity contribution in [3.8, 4) is 0 Å². The molecule has 1 atom stereocenters. The number of benzene rings is 1. The molecule has 1 aromatic heterocycles. The monoisotopic (exact) mass is 296 g/mol. The number of alkyl halides is 1. The van der Waals surface area contributed by atoms with Crippen molar-refractivity contribution in [1.29, 1.82) is 0 Å². The first-order valence-corrected chi connectivity index (χ1v) is 7.29. The molecule has 4 heteroatoms. The van der Waals surface area contributed by atoms with Gasteiger partial charge in [0, 0.05) is 23.6 Å². The molecule has 1 heterocycles. The molecule has 0 bridgehead atoms. The standard InChI is InChI=1S/C15H18Cl2N2/c1-11-7-15(19(2)18-11)9-13(10-16)8-12-3-5-14(17)6-4-12/h3-7,13H,8-10H2,1-2H3. The van der Waals surface area contributed by atoms with Crippen LogP contribution >= 0.6 is 23.2 Å². The van der Waals surface area contributed by atoms with Gasteiger partial charge in [0.15, 0.2) is 0 Å². The summed E-state index contributed by atoms with van der Waals surface area (Å²) in [5.41, 5.74) is 3.56. The van der Waals surface area contributed by atoms with E-state index in [0.717, 1.165) is 23.6 Å². The minimum atomic E-state index is 0.414. The highest BCUT2D eigenvalue weighted by Crippen LogP contribution is 2.18. The van der Waals surface area contributed by atoms with Gasteiger partial charge in [0.1, 0.15) is 0 Å². The highest BCUT2D eigenvalue weighted by molar-refractivity contribution is 6.30. The second-order valence-electron chi connectivity index (χ2n) is 4.96. The fourth-order valence-electron chi connectivity index (χ4n) is 2.29. The topological polar surface area (TPSA) is 17.8 Å². The van der Waals surface area contributed by atoms with E-state index in [1.807, 2.05) is 30.8 Å². The first-order chi connectivity index (χ1) is 9.08. The Bertz CT molecular complexity index is 532. The maximum absolute atomic E-state index is 6.10. The zero-order chi connectivity index (χ0) is 13.8. The summed E-state index contributed by atoms with van der Waals surface area (Å²) < 4.78 is 1.94. The van der Waals surface area contributed by atoms with Crippen molar-refractivity contribution in [2.45, 2.75) is 19.8 Å². The molecule has 0 radical (unpaired) electrons. The summed E-state index contributed by atoms with van der Waals surface area (Å²) in [6.07, 6.45) is 1.91. The number of hydrogen-bond acceptors (Lipinski definition) is 1. The second kappa shape index (κ2) is 6.44. The molecule has 0 aliphatic carbocycles. The lowest BCUT2D eigenvalue weighted by Crippen LogP contribution is -2.12. The maximum Gasteiger partial charge on any atom is 0.0596 e. The fraction of sp³-hybridized carbons (Fsp3) is 0.400. The molecule has 1 unspecified atom stereocenters. The van der Waals surface area contributed by atoms with Gasteiger partial charge in [-0.3, -0.25) is 4.68 Å². The highest BCUT2D eigenvalue weighted by atomic mass is 35.5. The molecule has 0 fully saturated rings. The number of rotatable bonds is 5. The summed E-state index contributed by atoms with van der Waals surface area (Å²) in [7, 11) is 1.98. The summed E-state index contributed by atoms with van der Waals surface area (Å²) in [6.45, 7) is 2.01. The summed E-state index contributed by atoms with van der Waals surface area (Å²) in [5, 5.41) is 5.14. The number of halogens is 2. The lowest BCUT2D eigenvalue weighted by atomic mass is 9.96. The van der Waals surface area contributed by atoms with Crippen molar-refractivity contribution in [3.63, 3.8) is 0 Å². The normalized spacial score (nSPS) is 12.6. The van der Waals surface area contributed by atoms with E-state index >= 15 is 0 Å². The molecule has 2 aromatic rings. The van der Waals surface area contributed by atoms with Crippen LogP contribution in [0.25, 0.3) is 0 Å². The largest absolute Gasteiger partial charge is 0.272 e. The molecule has 19 heavy (non-hydrogen) atoms. The number of hydrogen-bond donors (Lipinski definition) is 0. The molecular formula is C15H18Cl2N2. The smallest absolute Gasteiger partial charge is 0.0596 e. The van der Waals surface area contributed by atoms with Crippen LogP contribution in [0.1, 0.15) is 17.0 Å². The van der Waals surface area contributed by atoms with Gasteiger partial charge in [-0.1, -0.05) is 23.7 Å². The van der Waals surface area contributed by atoms with Crippen LogP contribution in [0.5, 0.6) is 0 Å². The van der Waals surface area contributed by atoms with Gasteiger partial charge in [-0.15, -0.1) is 11.6 Å². The zero-order valence-corrected chi connectivity index (χ0v) is 12.7. The van der Waals surface area contributed by atoms with Gasteiger partial charge in [-0.05, 0) is 49.4 Å². The van der Waals surface area contributed by atoms with Crippen LogP contribution < -0.4 is 0 Å². The van der Waals surface area contributed by atoms with Gasteiger partial charge >= 0.3 is 0 Å². The third-order valence-corrected chi connectivity index (χ3v) is 3.94. The molecule has 2 rings (SSSR count). The van der Waals surface area contributed by atoms with Crippen LogP contribution in [0.2, 0.25) is 5.02 Å². The predicted molar refractivity (Wildman–Crippen MR) is 81.0 cm³/mol. The van der Waals surface area contributed by atoms with Crippen LogP contribution in [0.15, 0.2) is 30.3 Å². The van der Waals surface area contributed by atoms with Crippen LogP contribution in [-0.2, 0) is 19.9 Å². The first kappa shape index (κ1) is 14.4. The van der Waals surface area contributed by atoms with Crippen LogP contribution in [0.3, 0.4) is 0 Å². The Kier molecular flexibility index (Phi) is 4.89. The lowest BCUT2D eigenvalue weighted by Gasteiger charge is -2.14. The second-order valence-corrected chi connectivity index (χ2v) is 5.70. The molecule has 0 aliphatic rings. The third kappa shape index (κ3) is 3.99. The Labute approximate surface area is 124 Å². The molecule has 1 aromatic carbocycles. The molecule has 0 N–H and O–H groups in total. The van der Waals surface area contributed by atoms with Crippen molar-refractivity contribution in [1.82, 2.24) is 9.78 Å². The summed E-state index contributed by atoms with van der Waals surface area (Å²) in [4.78, 5) is 0. The summed E-state index contributed by atoms with van der Waals surface area (Å²) >= 11 is 12.0. The minimum Gasteiger partial charge on any atom is -0.272 e. The Morgan fingerprint density at radius 1 is 1.21 bits per heavy atom. The van der Waals surface area contributed by atoms with Gasteiger partial charge in [-0.2, -0.15) is 5.10 Å². The Hall–Kier alpha value is -0.990. The number of aromatic nitrogens is 2. The van der Waals surface area contributed by atoms with Gasteiger partial charge in [-0.25, -0.2) is 0 Å². The first-order valence-electron chi connectivity index (χ1n) is 6.38. The summed E-state index contributed by atoms with van der Waals surface area (Å²) in [5.74, 6) is 1.06. The van der Waals surface area contributed by atoms with Gasteiger partial charge in [0.25, 0.3) is 0 Å². The molecular weight excluding hydrogens is 279 g/mol. The fourth-order valence-corrected chi connectivity index (χ4v) is 2.63. The van der Waals surface area contributed by atoms with Gasteiger partial charge < -0.3 is 0 Å². The Balaban J connectivity index is 2.04. The number of aryl methyl sites for hydroxylation is 2. The van der Waals surface area contributed by atoms with Gasteiger partial charge in [0.2, 0.25) is 0 Å². The quantitative estimate of drug-likeness (QED) is 0.762.